The van der Waals surface area contributed by atoms with Gasteiger partial charge in [-0.25, -0.2) is 0 Å². The Hall–Kier alpha value is -0.0200. The molecule has 27 heavy (non-hydrogen) atoms. The van der Waals surface area contributed by atoms with Crippen molar-refractivity contribution in [1.29, 1.82) is 0 Å². The molecule has 0 saturated heterocycles. The van der Waals surface area contributed by atoms with E-state index in [2.05, 4.69) is 43.6 Å². The lowest BCUT2D eigenvalue weighted by atomic mass is 9.71. The zero-order valence-corrected chi connectivity index (χ0v) is 18.8. The van der Waals surface area contributed by atoms with Crippen molar-refractivity contribution < 1.29 is 0 Å². The summed E-state index contributed by atoms with van der Waals surface area (Å²) in [6.45, 7) is 9.94. The molecule has 9 atom stereocenters. The van der Waals surface area contributed by atoms with E-state index in [1.165, 1.54) is 35.8 Å². The van der Waals surface area contributed by atoms with Gasteiger partial charge in [0.05, 0.1) is 0 Å². The van der Waals surface area contributed by atoms with Crippen LogP contribution >= 0.6 is 24.8 Å². The molecule has 0 aromatic rings. The number of nitrogens with one attached hydrogen (secondary N) is 2. The molecule has 1 unspecified atom stereocenters. The van der Waals surface area contributed by atoms with Gasteiger partial charge in [-0.1, -0.05) is 23.3 Å². The molecule has 0 amide bonds. The molecule has 0 heterocycles. The van der Waals surface area contributed by atoms with Crippen molar-refractivity contribution in [1.82, 2.24) is 10.6 Å². The highest BCUT2D eigenvalue weighted by atomic mass is 35.5. The van der Waals surface area contributed by atoms with Crippen molar-refractivity contribution >= 4 is 24.8 Å². The monoisotopic (exact) mass is 412 g/mol. The standard InChI is InChI=1S/C23H36N2.2ClH/c1-13(2)5-4-6-14(3)7-8-24-9-10-25-23-21-17-11-15-16-12-18(19(15)21)22(23)20(16)17;;/h5,7,15-25H,4,6,8-12H2,1-3H3;2*1H/b14-7+;;/t15-,16-,17-,18+,19+,20+,21-,22-,23?;;/m0../s1. The Labute approximate surface area is 178 Å². The summed E-state index contributed by atoms with van der Waals surface area (Å²) in [5, 5.41) is 7.62. The first-order valence-electron chi connectivity index (χ1n) is 10.9. The van der Waals surface area contributed by atoms with Crippen LogP contribution in [0, 0.1) is 47.3 Å². The summed E-state index contributed by atoms with van der Waals surface area (Å²) in [4.78, 5) is 0. The van der Waals surface area contributed by atoms with Gasteiger partial charge in [0.15, 0.2) is 0 Å². The summed E-state index contributed by atoms with van der Waals surface area (Å²) in [5.41, 5.74) is 2.95. The van der Waals surface area contributed by atoms with Gasteiger partial charge in [-0.2, -0.15) is 0 Å². The number of halogens is 2. The summed E-state index contributed by atoms with van der Waals surface area (Å²) in [5.74, 6) is 9.10. The van der Waals surface area contributed by atoms with E-state index in [1.54, 1.807) is 12.8 Å². The Morgan fingerprint density at radius 2 is 1.44 bits per heavy atom. The summed E-state index contributed by atoms with van der Waals surface area (Å²) in [6.07, 6.45) is 10.3. The third-order valence-corrected chi connectivity index (χ3v) is 8.69. The molecule has 6 aliphatic carbocycles. The van der Waals surface area contributed by atoms with Crippen LogP contribution in [0.3, 0.4) is 0 Å². The van der Waals surface area contributed by atoms with Crippen LogP contribution in [0.15, 0.2) is 23.3 Å². The zero-order chi connectivity index (χ0) is 17.1. The summed E-state index contributed by atoms with van der Waals surface area (Å²) in [6, 6.07) is 0.894. The van der Waals surface area contributed by atoms with Crippen LogP contribution in [-0.2, 0) is 0 Å². The second-order valence-electron chi connectivity index (χ2n) is 9.99. The fourth-order valence-electron chi connectivity index (χ4n) is 8.26. The first-order valence-corrected chi connectivity index (χ1v) is 10.9. The van der Waals surface area contributed by atoms with Gasteiger partial charge in [0.2, 0.25) is 0 Å². The predicted molar refractivity (Wildman–Crippen MR) is 119 cm³/mol. The molecule has 0 aromatic carbocycles. The summed E-state index contributed by atoms with van der Waals surface area (Å²) >= 11 is 0. The van der Waals surface area contributed by atoms with E-state index >= 15 is 0 Å². The molecule has 0 spiro atoms. The Kier molecular flexibility index (Phi) is 6.73. The minimum absolute atomic E-state index is 0. The Bertz CT molecular complexity index is 569. The molecule has 6 bridgehead atoms. The van der Waals surface area contributed by atoms with Crippen LogP contribution in [0.1, 0.15) is 46.5 Å². The number of rotatable bonds is 9. The van der Waals surface area contributed by atoms with Crippen molar-refractivity contribution in [3.05, 3.63) is 23.3 Å². The molecule has 6 saturated carbocycles. The molecule has 4 heteroatoms. The van der Waals surface area contributed by atoms with Crippen LogP contribution in [-0.4, -0.2) is 25.7 Å². The number of hydrogen-bond donors (Lipinski definition) is 2. The second kappa shape index (κ2) is 8.38. The van der Waals surface area contributed by atoms with Crippen molar-refractivity contribution in [2.75, 3.05) is 19.6 Å². The molecule has 6 fully saturated rings. The maximum atomic E-state index is 4.00. The van der Waals surface area contributed by atoms with E-state index in [0.717, 1.165) is 61.2 Å². The van der Waals surface area contributed by atoms with Crippen molar-refractivity contribution in [2.24, 2.45) is 47.3 Å². The van der Waals surface area contributed by atoms with Gasteiger partial charge < -0.3 is 10.6 Å². The van der Waals surface area contributed by atoms with E-state index in [1.807, 2.05) is 0 Å². The molecular weight excluding hydrogens is 375 g/mol. The normalized spacial score (nSPS) is 44.1. The quantitative estimate of drug-likeness (QED) is 0.417. The average molecular weight is 413 g/mol. The third-order valence-electron chi connectivity index (χ3n) is 8.69. The van der Waals surface area contributed by atoms with Crippen molar-refractivity contribution in [3.63, 3.8) is 0 Å². The van der Waals surface area contributed by atoms with E-state index in [9.17, 15) is 0 Å². The van der Waals surface area contributed by atoms with Gasteiger partial charge in [0.25, 0.3) is 0 Å². The number of hydrogen-bond acceptors (Lipinski definition) is 2. The van der Waals surface area contributed by atoms with Gasteiger partial charge in [-0.15, -0.1) is 24.8 Å². The highest BCUT2D eigenvalue weighted by molar-refractivity contribution is 5.85. The van der Waals surface area contributed by atoms with Crippen molar-refractivity contribution in [3.8, 4) is 0 Å². The van der Waals surface area contributed by atoms with E-state index < -0.39 is 0 Å². The van der Waals surface area contributed by atoms with Crippen LogP contribution in [0.25, 0.3) is 0 Å². The topological polar surface area (TPSA) is 24.1 Å². The zero-order valence-electron chi connectivity index (χ0n) is 17.1. The van der Waals surface area contributed by atoms with Gasteiger partial charge in [0.1, 0.15) is 0 Å². The smallest absolute Gasteiger partial charge is 0.0137 e. The lowest BCUT2D eigenvalue weighted by Gasteiger charge is -2.33. The first kappa shape index (κ1) is 21.7. The molecule has 0 aromatic heterocycles. The molecule has 2 nitrogen and oxygen atoms in total. The van der Waals surface area contributed by atoms with Crippen LogP contribution in [0.2, 0.25) is 0 Å². The lowest BCUT2D eigenvalue weighted by molar-refractivity contribution is 0.132. The van der Waals surface area contributed by atoms with Crippen molar-refractivity contribution in [2.45, 2.75) is 52.5 Å². The molecule has 6 rings (SSSR count). The summed E-state index contributed by atoms with van der Waals surface area (Å²) in [7, 11) is 0. The highest BCUT2D eigenvalue weighted by Gasteiger charge is 2.79. The molecule has 154 valence electrons. The molecule has 0 aliphatic heterocycles. The van der Waals surface area contributed by atoms with E-state index in [4.69, 9.17) is 0 Å². The van der Waals surface area contributed by atoms with Crippen LogP contribution < -0.4 is 10.6 Å². The van der Waals surface area contributed by atoms with E-state index in [0.29, 0.717) is 0 Å². The third kappa shape index (κ3) is 3.33. The maximum Gasteiger partial charge on any atom is 0.0137 e. The van der Waals surface area contributed by atoms with E-state index in [-0.39, 0.29) is 24.8 Å². The fourth-order valence-corrected chi connectivity index (χ4v) is 8.26. The minimum Gasteiger partial charge on any atom is -0.312 e. The molecule has 0 radical (unpaired) electrons. The predicted octanol–water partition coefficient (Wildman–Crippen LogP) is 4.85. The molecular formula is C23H38Cl2N2. The highest BCUT2D eigenvalue weighted by Crippen LogP contribution is 2.82. The van der Waals surface area contributed by atoms with Gasteiger partial charge in [-0.05, 0) is 93.8 Å². The Morgan fingerprint density at radius 1 is 0.815 bits per heavy atom. The summed E-state index contributed by atoms with van der Waals surface area (Å²) < 4.78 is 0. The SMILES string of the molecule is CC(C)=CCC/C(C)=C/CNCCNC1[C@H]2[C@H]3C[C@H]4[C@@H]5C[C@@H]([C@H]1[C@@H]35)[C@@H]42.Cl.Cl. The first-order chi connectivity index (χ1) is 12.2. The molecule has 6 aliphatic rings. The van der Waals surface area contributed by atoms with Gasteiger partial charge >= 0.3 is 0 Å². The van der Waals surface area contributed by atoms with Crippen LogP contribution in [0.5, 0.6) is 0 Å². The number of allylic oxidation sites excluding steroid dienone is 3. The largest absolute Gasteiger partial charge is 0.312 e. The lowest BCUT2D eigenvalue weighted by Crippen LogP contribution is -2.39. The molecule has 2 N–H and O–H groups in total. The Morgan fingerprint density at radius 3 is 2.04 bits per heavy atom. The Balaban J connectivity index is 0.00000105. The second-order valence-corrected chi connectivity index (χ2v) is 9.99. The maximum absolute atomic E-state index is 4.00. The van der Waals surface area contributed by atoms with Gasteiger partial charge in [-0.3, -0.25) is 0 Å². The van der Waals surface area contributed by atoms with Gasteiger partial charge in [0, 0.05) is 25.7 Å². The minimum atomic E-state index is 0. The average Bonchev–Trinajstić information content (AvgIpc) is 3.29. The van der Waals surface area contributed by atoms with Crippen LogP contribution in [0.4, 0.5) is 0 Å². The fraction of sp³-hybridized carbons (Fsp3) is 0.826.